The third kappa shape index (κ3) is 4.31. The van der Waals surface area contributed by atoms with Crippen LogP contribution in [0.4, 0.5) is 24.5 Å². The number of alkyl halides is 3. The molecule has 0 unspecified atom stereocenters. The zero-order valence-electron chi connectivity index (χ0n) is 14.8. The quantitative estimate of drug-likeness (QED) is 0.524. The number of nitro groups is 1. The van der Waals surface area contributed by atoms with Crippen LogP contribution in [-0.2, 0) is 16.2 Å². The molecule has 1 heterocycles. The molecule has 1 aliphatic rings. The van der Waals surface area contributed by atoms with Gasteiger partial charge in [0, 0.05) is 32.2 Å². The molecule has 1 fully saturated rings. The van der Waals surface area contributed by atoms with Crippen molar-refractivity contribution in [3.63, 3.8) is 0 Å². The molecule has 1 aliphatic heterocycles. The Morgan fingerprint density at radius 3 is 2.14 bits per heavy atom. The van der Waals surface area contributed by atoms with Gasteiger partial charge in [-0.05, 0) is 18.2 Å². The van der Waals surface area contributed by atoms with Crippen molar-refractivity contribution in [2.24, 2.45) is 0 Å². The Morgan fingerprint density at radius 1 is 1.03 bits per heavy atom. The SMILES string of the molecule is O=[N+]([O-])c1cc(C(F)(F)F)c(Cl)cc1N1CCN(S(=O)(=O)c2ccccc2)CC1. The number of piperazine rings is 1. The molecule has 0 atom stereocenters. The van der Waals surface area contributed by atoms with Gasteiger partial charge >= 0.3 is 6.18 Å². The number of benzene rings is 2. The van der Waals surface area contributed by atoms with Crippen molar-refractivity contribution >= 4 is 33.0 Å². The van der Waals surface area contributed by atoms with Gasteiger partial charge in [0.05, 0.1) is 20.4 Å². The third-order valence-electron chi connectivity index (χ3n) is 4.53. The van der Waals surface area contributed by atoms with Crippen LogP contribution in [0, 0.1) is 10.1 Å². The fraction of sp³-hybridized carbons (Fsp3) is 0.294. The van der Waals surface area contributed by atoms with Crippen molar-refractivity contribution in [3.05, 3.63) is 63.2 Å². The Balaban J connectivity index is 1.86. The number of nitrogens with zero attached hydrogens (tertiary/aromatic N) is 3. The number of sulfonamides is 1. The molecule has 0 radical (unpaired) electrons. The highest BCUT2D eigenvalue weighted by Gasteiger charge is 2.37. The summed E-state index contributed by atoms with van der Waals surface area (Å²) in [6, 6.07) is 9.11. The molecule has 0 aromatic heterocycles. The van der Waals surface area contributed by atoms with E-state index in [4.69, 9.17) is 11.6 Å². The average Bonchev–Trinajstić information content (AvgIpc) is 2.67. The summed E-state index contributed by atoms with van der Waals surface area (Å²) in [4.78, 5) is 12.0. The van der Waals surface area contributed by atoms with Crippen molar-refractivity contribution in [2.45, 2.75) is 11.1 Å². The summed E-state index contributed by atoms with van der Waals surface area (Å²) in [6.07, 6.45) is -4.83. The number of hydrogen-bond donors (Lipinski definition) is 0. The highest BCUT2D eigenvalue weighted by molar-refractivity contribution is 7.89. The van der Waals surface area contributed by atoms with E-state index >= 15 is 0 Å². The fourth-order valence-electron chi connectivity index (χ4n) is 3.08. The molecule has 0 bridgehead atoms. The summed E-state index contributed by atoms with van der Waals surface area (Å²) in [5, 5.41) is 10.7. The van der Waals surface area contributed by atoms with Gasteiger partial charge in [0.15, 0.2) is 0 Å². The van der Waals surface area contributed by atoms with E-state index in [0.29, 0.717) is 6.07 Å². The van der Waals surface area contributed by atoms with E-state index in [0.717, 1.165) is 6.07 Å². The molecule has 1 saturated heterocycles. The second-order valence-corrected chi connectivity index (χ2v) is 8.62. The standard InChI is InChI=1S/C17H15ClF3N3O4S/c18-14-11-15(16(24(25)26)10-13(14)17(19,20)21)22-6-8-23(9-7-22)29(27,28)12-4-2-1-3-5-12/h1-5,10-11H,6-9H2. The zero-order valence-corrected chi connectivity index (χ0v) is 16.3. The van der Waals surface area contributed by atoms with Crippen LogP contribution >= 0.6 is 11.6 Å². The zero-order chi connectivity index (χ0) is 21.4. The van der Waals surface area contributed by atoms with Crippen molar-refractivity contribution in [3.8, 4) is 0 Å². The molecule has 0 amide bonds. The molecule has 0 saturated carbocycles. The van der Waals surface area contributed by atoms with Gasteiger partial charge in [-0.15, -0.1) is 0 Å². The van der Waals surface area contributed by atoms with Crippen molar-refractivity contribution in [2.75, 3.05) is 31.1 Å². The van der Waals surface area contributed by atoms with Crippen molar-refractivity contribution in [1.82, 2.24) is 4.31 Å². The largest absolute Gasteiger partial charge is 0.418 e. The minimum Gasteiger partial charge on any atom is -0.363 e. The van der Waals surface area contributed by atoms with Gasteiger partial charge in [0.2, 0.25) is 10.0 Å². The monoisotopic (exact) mass is 449 g/mol. The Morgan fingerprint density at radius 2 is 1.62 bits per heavy atom. The van der Waals surface area contributed by atoms with Gasteiger partial charge < -0.3 is 4.90 Å². The van der Waals surface area contributed by atoms with Gasteiger partial charge in [0.25, 0.3) is 5.69 Å². The first-order valence-electron chi connectivity index (χ1n) is 8.37. The molecule has 29 heavy (non-hydrogen) atoms. The molecule has 0 N–H and O–H groups in total. The van der Waals surface area contributed by atoms with Gasteiger partial charge in [-0.2, -0.15) is 17.5 Å². The topological polar surface area (TPSA) is 83.8 Å². The Hall–Kier alpha value is -2.37. The molecule has 2 aromatic carbocycles. The van der Waals surface area contributed by atoms with Crippen molar-refractivity contribution < 1.29 is 26.5 Å². The minimum absolute atomic E-state index is 0.0209. The highest BCUT2D eigenvalue weighted by Crippen LogP contribution is 2.41. The summed E-state index contributed by atoms with van der Waals surface area (Å²) in [5.41, 5.74) is -2.11. The Kier molecular flexibility index (Phi) is 5.74. The second kappa shape index (κ2) is 7.81. The van der Waals surface area contributed by atoms with Crippen LogP contribution < -0.4 is 4.90 Å². The van der Waals surface area contributed by atoms with E-state index in [9.17, 15) is 31.7 Å². The number of anilines is 1. The van der Waals surface area contributed by atoms with Gasteiger partial charge in [0.1, 0.15) is 5.69 Å². The van der Waals surface area contributed by atoms with Crippen LogP contribution in [0.15, 0.2) is 47.4 Å². The van der Waals surface area contributed by atoms with Crippen LogP contribution in [0.25, 0.3) is 0 Å². The first-order chi connectivity index (χ1) is 13.5. The first kappa shape index (κ1) is 21.3. The summed E-state index contributed by atoms with van der Waals surface area (Å²) < 4.78 is 65.6. The lowest BCUT2D eigenvalue weighted by Crippen LogP contribution is -2.48. The lowest BCUT2D eigenvalue weighted by Gasteiger charge is -2.35. The van der Waals surface area contributed by atoms with Gasteiger partial charge in [-0.25, -0.2) is 8.42 Å². The van der Waals surface area contributed by atoms with Crippen LogP contribution in [0.2, 0.25) is 5.02 Å². The molecular weight excluding hydrogens is 435 g/mol. The van der Waals surface area contributed by atoms with Crippen LogP contribution in [-0.4, -0.2) is 43.8 Å². The van der Waals surface area contributed by atoms with Crippen LogP contribution in [0.5, 0.6) is 0 Å². The Bertz CT molecular complexity index is 1020. The summed E-state index contributed by atoms with van der Waals surface area (Å²) >= 11 is 5.72. The molecule has 2 aromatic rings. The first-order valence-corrected chi connectivity index (χ1v) is 10.2. The molecule has 12 heteroatoms. The summed E-state index contributed by atoms with van der Waals surface area (Å²) in [7, 11) is -3.73. The van der Waals surface area contributed by atoms with Gasteiger partial charge in [-0.1, -0.05) is 29.8 Å². The van der Waals surface area contributed by atoms with Gasteiger partial charge in [-0.3, -0.25) is 10.1 Å². The number of nitro benzene ring substituents is 1. The lowest BCUT2D eigenvalue weighted by atomic mass is 10.1. The minimum atomic E-state index is -4.83. The van der Waals surface area contributed by atoms with Crippen molar-refractivity contribution in [1.29, 1.82) is 0 Å². The van der Waals surface area contributed by atoms with E-state index in [2.05, 4.69) is 0 Å². The number of hydrogen-bond acceptors (Lipinski definition) is 5. The van der Waals surface area contributed by atoms with E-state index < -0.39 is 37.4 Å². The molecular formula is C17H15ClF3N3O4S. The maximum Gasteiger partial charge on any atom is 0.418 e. The number of halogens is 4. The maximum absolute atomic E-state index is 13.0. The lowest BCUT2D eigenvalue weighted by molar-refractivity contribution is -0.384. The van der Waals surface area contributed by atoms with E-state index in [-0.39, 0.29) is 36.8 Å². The average molecular weight is 450 g/mol. The second-order valence-electron chi connectivity index (χ2n) is 6.28. The molecule has 3 rings (SSSR count). The summed E-state index contributed by atoms with van der Waals surface area (Å²) in [6.45, 7) is 0.170. The normalized spacial score (nSPS) is 16.1. The van der Waals surface area contributed by atoms with Crippen LogP contribution in [0.3, 0.4) is 0 Å². The fourth-order valence-corrected chi connectivity index (χ4v) is 4.79. The maximum atomic E-state index is 13.0. The van der Waals surface area contributed by atoms with Crippen LogP contribution in [0.1, 0.15) is 5.56 Å². The molecule has 0 aliphatic carbocycles. The Labute approximate surface area is 169 Å². The highest BCUT2D eigenvalue weighted by atomic mass is 35.5. The predicted molar refractivity (Wildman–Crippen MR) is 101 cm³/mol. The third-order valence-corrected chi connectivity index (χ3v) is 6.75. The predicted octanol–water partition coefficient (Wildman–Crippen LogP) is 3.78. The molecule has 0 spiro atoms. The van der Waals surface area contributed by atoms with E-state index in [1.165, 1.54) is 21.3 Å². The summed E-state index contributed by atoms with van der Waals surface area (Å²) in [5.74, 6) is 0. The molecule has 156 valence electrons. The smallest absolute Gasteiger partial charge is 0.363 e. The number of rotatable bonds is 4. The van der Waals surface area contributed by atoms with E-state index in [1.54, 1.807) is 18.2 Å². The van der Waals surface area contributed by atoms with E-state index in [1.807, 2.05) is 0 Å². The molecule has 7 nitrogen and oxygen atoms in total.